The van der Waals surface area contributed by atoms with Crippen molar-refractivity contribution in [2.45, 2.75) is 13.1 Å². The highest BCUT2D eigenvalue weighted by molar-refractivity contribution is 5.83. The fourth-order valence-electron chi connectivity index (χ4n) is 2.42. The molecule has 1 aromatic heterocycles. The summed E-state index contributed by atoms with van der Waals surface area (Å²) in [6.45, 7) is 1.88. The zero-order chi connectivity index (χ0) is 18.7. The summed E-state index contributed by atoms with van der Waals surface area (Å²) in [7, 11) is 1.46. The van der Waals surface area contributed by atoms with Crippen molar-refractivity contribution in [1.29, 1.82) is 0 Å². The molecular weight excluding hydrogens is 345 g/mol. The lowest BCUT2D eigenvalue weighted by Gasteiger charge is -2.13. The van der Waals surface area contributed by atoms with Gasteiger partial charge in [-0.15, -0.1) is 0 Å². The predicted octanol–water partition coefficient (Wildman–Crippen LogP) is 5.48. The molecule has 0 aliphatic heterocycles. The molecule has 0 spiro atoms. The number of methoxy groups -OCH3 is 1. The quantitative estimate of drug-likeness (QED) is 0.618. The lowest BCUT2D eigenvalue weighted by molar-refractivity contribution is -0.144. The number of hydrogen-bond acceptors (Lipinski definition) is 4. The number of fused-ring (bicyclic) bond motifs is 1. The second-order valence-electron chi connectivity index (χ2n) is 5.38. The molecular formula is C19H15F3N2O2. The van der Waals surface area contributed by atoms with Gasteiger partial charge in [-0.3, -0.25) is 0 Å². The number of rotatable bonds is 4. The van der Waals surface area contributed by atoms with Crippen molar-refractivity contribution in [2.24, 2.45) is 0 Å². The second-order valence-corrected chi connectivity index (χ2v) is 5.38. The van der Waals surface area contributed by atoms with Gasteiger partial charge in [0.2, 0.25) is 11.7 Å². The smallest absolute Gasteiger partial charge is 0.451 e. The standard InChI is InChI=1S/C19H15F3N2O2/c1-3-6-12-9-10-15(16(11-12)25-2)26-17-13-7-4-5-8-14(13)23-18(24-17)19(20,21)22/h3-11H,1-2H3/b6-3+. The van der Waals surface area contributed by atoms with E-state index in [2.05, 4.69) is 9.97 Å². The van der Waals surface area contributed by atoms with Crippen LogP contribution in [-0.4, -0.2) is 17.1 Å². The SMILES string of the molecule is C/C=C/c1ccc(Oc2nc(C(F)(F)F)nc3ccccc23)c(OC)c1. The molecule has 0 N–H and O–H groups in total. The molecule has 0 fully saturated rings. The van der Waals surface area contributed by atoms with Crippen molar-refractivity contribution < 1.29 is 22.6 Å². The van der Waals surface area contributed by atoms with Crippen molar-refractivity contribution in [1.82, 2.24) is 9.97 Å². The fourth-order valence-corrected chi connectivity index (χ4v) is 2.42. The van der Waals surface area contributed by atoms with Gasteiger partial charge in [0.25, 0.3) is 0 Å². The van der Waals surface area contributed by atoms with Crippen LogP contribution in [0.5, 0.6) is 17.4 Å². The zero-order valence-electron chi connectivity index (χ0n) is 14.0. The molecule has 2 aromatic carbocycles. The minimum atomic E-state index is -4.68. The van der Waals surface area contributed by atoms with Crippen molar-refractivity contribution in [3.8, 4) is 17.4 Å². The van der Waals surface area contributed by atoms with Gasteiger partial charge in [-0.1, -0.05) is 30.4 Å². The van der Waals surface area contributed by atoms with Crippen LogP contribution in [0.25, 0.3) is 17.0 Å². The molecule has 1 heterocycles. The largest absolute Gasteiger partial charge is 0.493 e. The van der Waals surface area contributed by atoms with Crippen LogP contribution < -0.4 is 9.47 Å². The van der Waals surface area contributed by atoms with Crippen LogP contribution in [0.3, 0.4) is 0 Å². The molecule has 0 atom stereocenters. The number of ether oxygens (including phenoxy) is 2. The van der Waals surface area contributed by atoms with Crippen LogP contribution in [0.15, 0.2) is 48.5 Å². The first kappa shape index (κ1) is 17.7. The number of halogens is 3. The van der Waals surface area contributed by atoms with E-state index < -0.39 is 12.0 Å². The minimum absolute atomic E-state index is 0.148. The van der Waals surface area contributed by atoms with E-state index in [0.717, 1.165) is 5.56 Å². The first-order valence-corrected chi connectivity index (χ1v) is 7.75. The lowest BCUT2D eigenvalue weighted by Crippen LogP contribution is -2.12. The summed E-state index contributed by atoms with van der Waals surface area (Å²) in [6, 6.07) is 11.5. The van der Waals surface area contributed by atoms with Gasteiger partial charge in [0.1, 0.15) is 0 Å². The number of benzene rings is 2. The van der Waals surface area contributed by atoms with Gasteiger partial charge < -0.3 is 9.47 Å². The Morgan fingerprint density at radius 3 is 2.46 bits per heavy atom. The van der Waals surface area contributed by atoms with Crippen molar-refractivity contribution in [3.05, 3.63) is 59.9 Å². The van der Waals surface area contributed by atoms with Crippen molar-refractivity contribution >= 4 is 17.0 Å². The molecule has 7 heteroatoms. The van der Waals surface area contributed by atoms with Crippen LogP contribution in [0, 0.1) is 0 Å². The summed E-state index contributed by atoms with van der Waals surface area (Å²) in [5.74, 6) is -0.787. The normalized spacial score (nSPS) is 11.9. The fraction of sp³-hybridized carbons (Fsp3) is 0.158. The van der Waals surface area contributed by atoms with E-state index in [1.54, 1.807) is 36.4 Å². The molecule has 0 bridgehead atoms. The van der Waals surface area contributed by atoms with Gasteiger partial charge >= 0.3 is 6.18 Å². The molecule has 0 radical (unpaired) electrons. The topological polar surface area (TPSA) is 44.2 Å². The summed E-state index contributed by atoms with van der Waals surface area (Å²) in [6.07, 6.45) is -0.945. The van der Waals surface area contributed by atoms with Gasteiger partial charge in [-0.25, -0.2) is 4.98 Å². The molecule has 0 aliphatic rings. The average molecular weight is 360 g/mol. The maximum absolute atomic E-state index is 13.1. The highest BCUT2D eigenvalue weighted by atomic mass is 19.4. The highest BCUT2D eigenvalue weighted by Crippen LogP contribution is 2.36. The molecule has 0 saturated carbocycles. The highest BCUT2D eigenvalue weighted by Gasteiger charge is 2.36. The van der Waals surface area contributed by atoms with E-state index in [-0.39, 0.29) is 17.1 Å². The Morgan fingerprint density at radius 2 is 1.77 bits per heavy atom. The number of allylic oxidation sites excluding steroid dienone is 1. The van der Waals surface area contributed by atoms with Crippen LogP contribution in [-0.2, 0) is 6.18 Å². The van der Waals surface area contributed by atoms with Gasteiger partial charge in [-0.05, 0) is 36.8 Å². The van der Waals surface area contributed by atoms with E-state index in [1.165, 1.54) is 13.2 Å². The zero-order valence-corrected chi connectivity index (χ0v) is 14.0. The third kappa shape index (κ3) is 3.61. The number of nitrogens with zero attached hydrogens (tertiary/aromatic N) is 2. The molecule has 134 valence electrons. The second kappa shape index (κ2) is 7.03. The Morgan fingerprint density at radius 1 is 1.00 bits per heavy atom. The summed E-state index contributed by atoms with van der Waals surface area (Å²) in [5, 5.41) is 0.375. The number of alkyl halides is 3. The van der Waals surface area contributed by atoms with Gasteiger partial charge in [0, 0.05) is 0 Å². The van der Waals surface area contributed by atoms with E-state index in [0.29, 0.717) is 11.1 Å². The number of aromatic nitrogens is 2. The van der Waals surface area contributed by atoms with Gasteiger partial charge in [0.05, 0.1) is 18.0 Å². The Hall–Kier alpha value is -3.09. The Bertz CT molecular complexity index is 969. The van der Waals surface area contributed by atoms with Crippen molar-refractivity contribution in [2.75, 3.05) is 7.11 Å². The first-order chi connectivity index (χ1) is 12.4. The van der Waals surface area contributed by atoms with Gasteiger partial charge in [0.15, 0.2) is 11.5 Å². The molecule has 3 rings (SSSR count). The van der Waals surface area contributed by atoms with E-state index in [4.69, 9.17) is 9.47 Å². The summed E-state index contributed by atoms with van der Waals surface area (Å²) in [5.41, 5.74) is 1.02. The molecule has 0 unspecified atom stereocenters. The van der Waals surface area contributed by atoms with Crippen LogP contribution >= 0.6 is 0 Å². The first-order valence-electron chi connectivity index (χ1n) is 7.75. The summed E-state index contributed by atoms with van der Waals surface area (Å²) in [4.78, 5) is 7.15. The van der Waals surface area contributed by atoms with Crippen LogP contribution in [0.4, 0.5) is 13.2 Å². The third-order valence-corrected chi connectivity index (χ3v) is 3.58. The molecule has 4 nitrogen and oxygen atoms in total. The van der Waals surface area contributed by atoms with Gasteiger partial charge in [-0.2, -0.15) is 18.2 Å². The molecule has 0 saturated heterocycles. The summed E-state index contributed by atoms with van der Waals surface area (Å²) < 4.78 is 50.3. The maximum Gasteiger partial charge on any atom is 0.451 e. The van der Waals surface area contributed by atoms with Crippen molar-refractivity contribution in [3.63, 3.8) is 0 Å². The van der Waals surface area contributed by atoms with E-state index in [9.17, 15) is 13.2 Å². The molecule has 0 aliphatic carbocycles. The minimum Gasteiger partial charge on any atom is -0.493 e. The average Bonchev–Trinajstić information content (AvgIpc) is 2.62. The van der Waals surface area contributed by atoms with E-state index in [1.807, 2.05) is 19.1 Å². The van der Waals surface area contributed by atoms with Crippen LogP contribution in [0.1, 0.15) is 18.3 Å². The number of para-hydroxylation sites is 1. The third-order valence-electron chi connectivity index (χ3n) is 3.58. The Balaban J connectivity index is 2.11. The Kier molecular flexibility index (Phi) is 4.79. The molecule has 0 amide bonds. The van der Waals surface area contributed by atoms with E-state index >= 15 is 0 Å². The molecule has 26 heavy (non-hydrogen) atoms. The molecule has 3 aromatic rings. The monoisotopic (exact) mass is 360 g/mol. The summed E-state index contributed by atoms with van der Waals surface area (Å²) >= 11 is 0. The number of hydrogen-bond donors (Lipinski definition) is 0. The van der Waals surface area contributed by atoms with Crippen LogP contribution in [0.2, 0.25) is 0 Å². The predicted molar refractivity (Wildman–Crippen MR) is 92.3 cm³/mol. The Labute approximate surface area is 147 Å². The lowest BCUT2D eigenvalue weighted by atomic mass is 10.2. The maximum atomic E-state index is 13.1.